The van der Waals surface area contributed by atoms with Crippen molar-refractivity contribution >= 4 is 10.8 Å². The molecule has 0 aliphatic rings. The minimum atomic E-state index is -0.868. The van der Waals surface area contributed by atoms with Crippen LogP contribution in [0.2, 0.25) is 0 Å². The Balaban J connectivity index is 2.98. The highest BCUT2D eigenvalue weighted by molar-refractivity contribution is 5.90. The Labute approximate surface area is 90.2 Å². The van der Waals surface area contributed by atoms with Gasteiger partial charge in [0.25, 0.3) is 0 Å². The van der Waals surface area contributed by atoms with E-state index in [1.54, 1.807) is 0 Å². The predicted octanol–water partition coefficient (Wildman–Crippen LogP) is 1.26. The summed E-state index contributed by atoms with van der Waals surface area (Å²) >= 11 is 0. The molecule has 2 rings (SSSR count). The third kappa shape index (κ3) is 1.51. The Morgan fingerprint density at radius 2 is 2.00 bits per heavy atom. The number of aromatic hydroxyl groups is 2. The highest BCUT2D eigenvalue weighted by atomic mass is 16.4. The molecule has 1 aromatic heterocycles. The summed E-state index contributed by atoms with van der Waals surface area (Å²) in [7, 11) is 0. The van der Waals surface area contributed by atoms with Crippen LogP contribution in [0, 0.1) is 0 Å². The first-order valence-electron chi connectivity index (χ1n) is 4.66. The van der Waals surface area contributed by atoms with Gasteiger partial charge in [0.2, 0.25) is 0 Å². The highest BCUT2D eigenvalue weighted by Gasteiger charge is 2.14. The smallest absolute Gasteiger partial charge is 0.347 e. The van der Waals surface area contributed by atoms with Gasteiger partial charge in [-0.1, -0.05) is 0 Å². The van der Waals surface area contributed by atoms with E-state index in [0.717, 1.165) is 12.3 Å². The SMILES string of the molecule is CC(O)c1coc(=O)c2c(O)cc(O)cc12. The normalized spacial score (nSPS) is 12.9. The van der Waals surface area contributed by atoms with Crippen molar-refractivity contribution in [1.29, 1.82) is 0 Å². The standard InChI is InChI=1S/C11H10O5/c1-5(12)8-4-16-11(15)10-7(8)2-6(13)3-9(10)14/h2-5,12-14H,1H3. The number of hydrogen-bond donors (Lipinski definition) is 3. The third-order valence-corrected chi connectivity index (χ3v) is 2.36. The van der Waals surface area contributed by atoms with Gasteiger partial charge in [-0.05, 0) is 13.0 Å². The van der Waals surface area contributed by atoms with E-state index in [9.17, 15) is 20.1 Å². The summed E-state index contributed by atoms with van der Waals surface area (Å²) < 4.78 is 4.70. The molecule has 0 fully saturated rings. The maximum Gasteiger partial charge on any atom is 0.347 e. The Morgan fingerprint density at radius 3 is 2.62 bits per heavy atom. The van der Waals surface area contributed by atoms with Crippen molar-refractivity contribution in [3.05, 3.63) is 34.4 Å². The lowest BCUT2D eigenvalue weighted by molar-refractivity contribution is 0.197. The molecule has 1 aromatic carbocycles. The molecular formula is C11H10O5. The first-order chi connectivity index (χ1) is 7.50. The van der Waals surface area contributed by atoms with Gasteiger partial charge >= 0.3 is 5.63 Å². The lowest BCUT2D eigenvalue weighted by atomic mass is 10.0. The van der Waals surface area contributed by atoms with Crippen molar-refractivity contribution in [1.82, 2.24) is 0 Å². The summed E-state index contributed by atoms with van der Waals surface area (Å²) in [5.41, 5.74) is -0.377. The first kappa shape index (κ1) is 10.5. The Morgan fingerprint density at radius 1 is 1.31 bits per heavy atom. The number of phenols is 2. The monoisotopic (exact) mass is 222 g/mol. The molecule has 2 aromatic rings. The molecule has 5 heteroatoms. The molecule has 0 saturated carbocycles. The molecule has 5 nitrogen and oxygen atoms in total. The number of hydrogen-bond acceptors (Lipinski definition) is 5. The second kappa shape index (κ2) is 3.53. The summed E-state index contributed by atoms with van der Waals surface area (Å²) in [5.74, 6) is -0.552. The van der Waals surface area contributed by atoms with E-state index in [4.69, 9.17) is 4.42 Å². The average Bonchev–Trinajstić information content (AvgIpc) is 2.15. The Hall–Kier alpha value is -2.01. The minimum absolute atomic E-state index is 0.0452. The van der Waals surface area contributed by atoms with Gasteiger partial charge in [0.05, 0.1) is 6.10 Å². The fraction of sp³-hybridized carbons (Fsp3) is 0.182. The topological polar surface area (TPSA) is 90.9 Å². The molecule has 16 heavy (non-hydrogen) atoms. The molecule has 1 heterocycles. The van der Waals surface area contributed by atoms with Crippen LogP contribution in [-0.4, -0.2) is 15.3 Å². The molecule has 1 unspecified atom stereocenters. The minimum Gasteiger partial charge on any atom is -0.508 e. The van der Waals surface area contributed by atoms with Crippen LogP contribution in [0.4, 0.5) is 0 Å². The van der Waals surface area contributed by atoms with Crippen LogP contribution in [0.1, 0.15) is 18.6 Å². The van der Waals surface area contributed by atoms with Crippen LogP contribution < -0.4 is 5.63 Å². The zero-order valence-electron chi connectivity index (χ0n) is 8.47. The lowest BCUT2D eigenvalue weighted by Crippen LogP contribution is -2.03. The molecule has 0 saturated heterocycles. The molecule has 0 radical (unpaired) electrons. The van der Waals surface area contributed by atoms with Gasteiger partial charge in [0, 0.05) is 17.0 Å². The predicted molar refractivity (Wildman–Crippen MR) is 56.4 cm³/mol. The molecular weight excluding hydrogens is 212 g/mol. The van der Waals surface area contributed by atoms with Crippen molar-refractivity contribution < 1.29 is 19.7 Å². The number of phenolic OH excluding ortho intramolecular Hbond substituents is 2. The Bertz CT molecular complexity index is 597. The zero-order chi connectivity index (χ0) is 11.9. The van der Waals surface area contributed by atoms with Crippen LogP contribution in [0.5, 0.6) is 11.5 Å². The van der Waals surface area contributed by atoms with E-state index >= 15 is 0 Å². The second-order valence-electron chi connectivity index (χ2n) is 3.54. The summed E-state index contributed by atoms with van der Waals surface area (Å²) in [5, 5.41) is 28.6. The third-order valence-electron chi connectivity index (χ3n) is 2.36. The van der Waals surface area contributed by atoms with Gasteiger partial charge in [-0.2, -0.15) is 0 Å². The van der Waals surface area contributed by atoms with Crippen molar-refractivity contribution in [2.75, 3.05) is 0 Å². The Kier molecular flexibility index (Phi) is 2.32. The molecule has 0 spiro atoms. The van der Waals surface area contributed by atoms with Crippen LogP contribution in [0.25, 0.3) is 10.8 Å². The van der Waals surface area contributed by atoms with Crippen LogP contribution in [0.3, 0.4) is 0 Å². The number of rotatable bonds is 1. The number of benzene rings is 1. The van der Waals surface area contributed by atoms with Gasteiger partial charge in [-0.15, -0.1) is 0 Å². The summed E-state index contributed by atoms with van der Waals surface area (Å²) in [6.07, 6.45) is 0.252. The van der Waals surface area contributed by atoms with Gasteiger partial charge < -0.3 is 19.7 Å². The average molecular weight is 222 g/mol. The van der Waals surface area contributed by atoms with Crippen LogP contribution in [-0.2, 0) is 0 Å². The second-order valence-corrected chi connectivity index (χ2v) is 3.54. The molecule has 0 bridgehead atoms. The molecule has 0 amide bonds. The molecule has 0 aliphatic carbocycles. The van der Waals surface area contributed by atoms with E-state index < -0.39 is 11.7 Å². The van der Waals surface area contributed by atoms with E-state index in [1.807, 2.05) is 0 Å². The lowest BCUT2D eigenvalue weighted by Gasteiger charge is -2.08. The van der Waals surface area contributed by atoms with E-state index in [-0.39, 0.29) is 22.3 Å². The van der Waals surface area contributed by atoms with Crippen LogP contribution >= 0.6 is 0 Å². The van der Waals surface area contributed by atoms with Crippen molar-refractivity contribution in [2.24, 2.45) is 0 Å². The van der Waals surface area contributed by atoms with Crippen molar-refractivity contribution in [3.8, 4) is 11.5 Å². The van der Waals surface area contributed by atoms with Crippen molar-refractivity contribution in [2.45, 2.75) is 13.0 Å². The maximum absolute atomic E-state index is 11.4. The number of aliphatic hydroxyl groups is 1. The van der Waals surface area contributed by atoms with Crippen LogP contribution in [0.15, 0.2) is 27.6 Å². The summed E-state index contributed by atoms with van der Waals surface area (Å²) in [4.78, 5) is 11.4. The fourth-order valence-corrected chi connectivity index (χ4v) is 1.62. The largest absolute Gasteiger partial charge is 0.508 e. The van der Waals surface area contributed by atoms with Crippen molar-refractivity contribution in [3.63, 3.8) is 0 Å². The number of fused-ring (bicyclic) bond motifs is 1. The van der Waals surface area contributed by atoms with Gasteiger partial charge in [0.1, 0.15) is 23.1 Å². The molecule has 0 aliphatic heterocycles. The zero-order valence-corrected chi connectivity index (χ0v) is 8.47. The van der Waals surface area contributed by atoms with E-state index in [2.05, 4.69) is 0 Å². The first-order valence-corrected chi connectivity index (χ1v) is 4.66. The number of aliphatic hydroxyl groups excluding tert-OH is 1. The summed E-state index contributed by atoms with van der Waals surface area (Å²) in [6.45, 7) is 1.50. The fourth-order valence-electron chi connectivity index (χ4n) is 1.62. The highest BCUT2D eigenvalue weighted by Crippen LogP contribution is 2.31. The molecule has 3 N–H and O–H groups in total. The maximum atomic E-state index is 11.4. The van der Waals surface area contributed by atoms with E-state index in [0.29, 0.717) is 5.56 Å². The molecule has 84 valence electrons. The molecule has 1 atom stereocenters. The van der Waals surface area contributed by atoms with Gasteiger partial charge in [-0.25, -0.2) is 4.79 Å². The van der Waals surface area contributed by atoms with Gasteiger partial charge in [-0.3, -0.25) is 0 Å². The summed E-state index contributed by atoms with van der Waals surface area (Å²) in [6, 6.07) is 2.35. The quantitative estimate of drug-likeness (QED) is 0.675. The van der Waals surface area contributed by atoms with Gasteiger partial charge in [0.15, 0.2) is 0 Å². The van der Waals surface area contributed by atoms with E-state index in [1.165, 1.54) is 13.0 Å².